The molecule has 0 aliphatic rings. The second-order valence-corrected chi connectivity index (χ2v) is 5.56. The molecule has 0 spiro atoms. The molecule has 0 radical (unpaired) electrons. The van der Waals surface area contributed by atoms with Gasteiger partial charge in [0.05, 0.1) is 7.11 Å². The van der Waals surface area contributed by atoms with Crippen molar-refractivity contribution >= 4 is 0 Å². The van der Waals surface area contributed by atoms with Crippen molar-refractivity contribution in [2.24, 2.45) is 5.92 Å². The first kappa shape index (κ1) is 15.0. The summed E-state index contributed by atoms with van der Waals surface area (Å²) in [5, 5.41) is 3.28. The Bertz CT molecular complexity index is 371. The zero-order chi connectivity index (χ0) is 13.7. The largest absolute Gasteiger partial charge is 0.496 e. The SMILES string of the molecule is CNCC(c1ccc(C(C)C)cc1OC)C(C)C. The van der Waals surface area contributed by atoms with Crippen LogP contribution < -0.4 is 10.1 Å². The van der Waals surface area contributed by atoms with E-state index in [1.807, 2.05) is 7.05 Å². The van der Waals surface area contributed by atoms with Gasteiger partial charge in [-0.2, -0.15) is 0 Å². The van der Waals surface area contributed by atoms with Gasteiger partial charge in [-0.05, 0) is 36.1 Å². The van der Waals surface area contributed by atoms with E-state index in [9.17, 15) is 0 Å². The quantitative estimate of drug-likeness (QED) is 0.828. The molecule has 1 aromatic rings. The number of nitrogens with one attached hydrogen (secondary N) is 1. The monoisotopic (exact) mass is 249 g/mol. The molecule has 0 fully saturated rings. The maximum absolute atomic E-state index is 5.59. The predicted octanol–water partition coefficient (Wildman–Crippen LogP) is 3.78. The summed E-state index contributed by atoms with van der Waals surface area (Å²) < 4.78 is 5.59. The van der Waals surface area contributed by atoms with Crippen LogP contribution in [0.3, 0.4) is 0 Å². The van der Waals surface area contributed by atoms with Crippen LogP contribution in [0.5, 0.6) is 5.75 Å². The lowest BCUT2D eigenvalue weighted by atomic mass is 9.86. The van der Waals surface area contributed by atoms with E-state index in [2.05, 4.69) is 51.2 Å². The van der Waals surface area contributed by atoms with E-state index in [0.717, 1.165) is 12.3 Å². The van der Waals surface area contributed by atoms with Gasteiger partial charge in [0, 0.05) is 12.5 Å². The number of ether oxygens (including phenoxy) is 1. The zero-order valence-electron chi connectivity index (χ0n) is 12.6. The Morgan fingerprint density at radius 1 is 1.17 bits per heavy atom. The minimum Gasteiger partial charge on any atom is -0.496 e. The standard InChI is InChI=1S/C16H27NO/c1-11(2)13-7-8-14(16(9-13)18-6)15(10-17-5)12(3)4/h7-9,11-12,15,17H,10H2,1-6H3. The molecule has 1 unspecified atom stereocenters. The number of likely N-dealkylation sites (N-methyl/N-ethyl adjacent to an activating group) is 1. The molecular weight excluding hydrogens is 222 g/mol. The highest BCUT2D eigenvalue weighted by Crippen LogP contribution is 2.33. The maximum Gasteiger partial charge on any atom is 0.122 e. The molecule has 18 heavy (non-hydrogen) atoms. The minimum atomic E-state index is 0.492. The second kappa shape index (κ2) is 6.79. The Morgan fingerprint density at radius 3 is 2.28 bits per heavy atom. The van der Waals surface area contributed by atoms with Gasteiger partial charge in [0.2, 0.25) is 0 Å². The fraction of sp³-hybridized carbons (Fsp3) is 0.625. The van der Waals surface area contributed by atoms with Gasteiger partial charge < -0.3 is 10.1 Å². The molecule has 0 aromatic heterocycles. The Labute approximate surface area is 112 Å². The Kier molecular flexibility index (Phi) is 5.67. The van der Waals surface area contributed by atoms with E-state index in [0.29, 0.717) is 17.8 Å². The van der Waals surface area contributed by atoms with Crippen molar-refractivity contribution < 1.29 is 4.74 Å². The predicted molar refractivity (Wildman–Crippen MR) is 78.6 cm³/mol. The van der Waals surface area contributed by atoms with Crippen molar-refractivity contribution in [3.05, 3.63) is 29.3 Å². The highest BCUT2D eigenvalue weighted by Gasteiger charge is 2.19. The number of methoxy groups -OCH3 is 1. The summed E-state index contributed by atoms with van der Waals surface area (Å²) in [5.74, 6) is 2.65. The van der Waals surface area contributed by atoms with Crippen LogP contribution in [-0.2, 0) is 0 Å². The molecule has 1 aromatic carbocycles. The van der Waals surface area contributed by atoms with Gasteiger partial charge in [-0.15, -0.1) is 0 Å². The lowest BCUT2D eigenvalue weighted by molar-refractivity contribution is 0.391. The summed E-state index contributed by atoms with van der Waals surface area (Å²) in [4.78, 5) is 0. The summed E-state index contributed by atoms with van der Waals surface area (Å²) in [7, 11) is 3.77. The molecule has 0 saturated carbocycles. The normalized spacial score (nSPS) is 13.1. The maximum atomic E-state index is 5.59. The molecule has 1 atom stereocenters. The molecule has 0 aliphatic heterocycles. The lowest BCUT2D eigenvalue weighted by Gasteiger charge is -2.24. The Balaban J connectivity index is 3.13. The van der Waals surface area contributed by atoms with Gasteiger partial charge in [0.15, 0.2) is 0 Å². The molecule has 2 nitrogen and oxygen atoms in total. The third kappa shape index (κ3) is 3.49. The average Bonchev–Trinajstić information content (AvgIpc) is 2.34. The second-order valence-electron chi connectivity index (χ2n) is 5.56. The molecule has 1 N–H and O–H groups in total. The van der Waals surface area contributed by atoms with Crippen molar-refractivity contribution in [1.29, 1.82) is 0 Å². The molecule has 0 heterocycles. The number of rotatable bonds is 6. The van der Waals surface area contributed by atoms with E-state index in [1.165, 1.54) is 11.1 Å². The summed E-state index contributed by atoms with van der Waals surface area (Å²) in [6.07, 6.45) is 0. The number of benzene rings is 1. The topological polar surface area (TPSA) is 21.3 Å². The lowest BCUT2D eigenvalue weighted by Crippen LogP contribution is -2.22. The highest BCUT2D eigenvalue weighted by atomic mass is 16.5. The minimum absolute atomic E-state index is 0.492. The molecule has 2 heteroatoms. The summed E-state index contributed by atoms with van der Waals surface area (Å²) >= 11 is 0. The number of hydrogen-bond acceptors (Lipinski definition) is 2. The number of hydrogen-bond donors (Lipinski definition) is 1. The van der Waals surface area contributed by atoms with Crippen LogP contribution in [0.25, 0.3) is 0 Å². The van der Waals surface area contributed by atoms with Gasteiger partial charge >= 0.3 is 0 Å². The summed E-state index contributed by atoms with van der Waals surface area (Å²) in [6.45, 7) is 9.93. The van der Waals surface area contributed by atoms with E-state index in [4.69, 9.17) is 4.74 Å². The molecule has 0 saturated heterocycles. The van der Waals surface area contributed by atoms with Crippen LogP contribution in [0.4, 0.5) is 0 Å². The molecular formula is C16H27NO. The molecule has 1 rings (SSSR count). The molecule has 102 valence electrons. The zero-order valence-corrected chi connectivity index (χ0v) is 12.6. The van der Waals surface area contributed by atoms with Gasteiger partial charge in [0.1, 0.15) is 5.75 Å². The fourth-order valence-corrected chi connectivity index (χ4v) is 2.32. The van der Waals surface area contributed by atoms with E-state index >= 15 is 0 Å². The van der Waals surface area contributed by atoms with E-state index in [-0.39, 0.29) is 0 Å². The van der Waals surface area contributed by atoms with Crippen molar-refractivity contribution in [2.75, 3.05) is 20.7 Å². The van der Waals surface area contributed by atoms with Crippen molar-refractivity contribution in [3.8, 4) is 5.75 Å². The van der Waals surface area contributed by atoms with Gasteiger partial charge in [-0.3, -0.25) is 0 Å². The Hall–Kier alpha value is -1.02. The van der Waals surface area contributed by atoms with Crippen LogP contribution in [-0.4, -0.2) is 20.7 Å². The fourth-order valence-electron chi connectivity index (χ4n) is 2.32. The first-order valence-electron chi connectivity index (χ1n) is 6.83. The molecule has 0 aliphatic carbocycles. The summed E-state index contributed by atoms with van der Waals surface area (Å²) in [6, 6.07) is 6.65. The first-order chi connectivity index (χ1) is 8.51. The Morgan fingerprint density at radius 2 is 1.83 bits per heavy atom. The van der Waals surface area contributed by atoms with Crippen LogP contribution >= 0.6 is 0 Å². The first-order valence-corrected chi connectivity index (χ1v) is 6.83. The van der Waals surface area contributed by atoms with Gasteiger partial charge in [-0.25, -0.2) is 0 Å². The van der Waals surface area contributed by atoms with Crippen molar-refractivity contribution in [3.63, 3.8) is 0 Å². The van der Waals surface area contributed by atoms with Gasteiger partial charge in [-0.1, -0.05) is 39.8 Å². The molecule has 0 bridgehead atoms. The van der Waals surface area contributed by atoms with Crippen LogP contribution in [0.2, 0.25) is 0 Å². The molecule has 0 amide bonds. The van der Waals surface area contributed by atoms with E-state index < -0.39 is 0 Å². The highest BCUT2D eigenvalue weighted by molar-refractivity contribution is 5.41. The van der Waals surface area contributed by atoms with Crippen LogP contribution in [0, 0.1) is 5.92 Å². The third-order valence-electron chi connectivity index (χ3n) is 3.55. The van der Waals surface area contributed by atoms with Crippen molar-refractivity contribution in [2.45, 2.75) is 39.5 Å². The van der Waals surface area contributed by atoms with Gasteiger partial charge in [0.25, 0.3) is 0 Å². The van der Waals surface area contributed by atoms with E-state index in [1.54, 1.807) is 7.11 Å². The smallest absolute Gasteiger partial charge is 0.122 e. The summed E-state index contributed by atoms with van der Waals surface area (Å²) in [5.41, 5.74) is 2.65. The third-order valence-corrected chi connectivity index (χ3v) is 3.55. The van der Waals surface area contributed by atoms with Crippen molar-refractivity contribution in [1.82, 2.24) is 5.32 Å². The van der Waals surface area contributed by atoms with Crippen LogP contribution in [0.15, 0.2) is 18.2 Å². The average molecular weight is 249 g/mol. The van der Waals surface area contributed by atoms with Crippen LogP contribution in [0.1, 0.15) is 50.7 Å².